The topological polar surface area (TPSA) is 76.4 Å². The maximum Gasteiger partial charge on any atom is 0.263 e. The third-order valence-corrected chi connectivity index (χ3v) is 5.30. The second kappa shape index (κ2) is 9.39. The predicted octanol–water partition coefficient (Wildman–Crippen LogP) is 5.95. The number of hydrogen-bond acceptors (Lipinski definition) is 5. The Morgan fingerprint density at radius 2 is 1.76 bits per heavy atom. The lowest BCUT2D eigenvalue weighted by atomic mass is 10.1. The molecule has 1 heterocycles. The van der Waals surface area contributed by atoms with Crippen molar-refractivity contribution in [2.24, 2.45) is 0 Å². The van der Waals surface area contributed by atoms with Gasteiger partial charge in [0.15, 0.2) is 28.1 Å². The molecule has 0 saturated heterocycles. The van der Waals surface area contributed by atoms with Crippen LogP contribution in [0.2, 0.25) is 0 Å². The van der Waals surface area contributed by atoms with E-state index in [1.165, 1.54) is 0 Å². The molecule has 0 fully saturated rings. The normalized spacial score (nSPS) is 10.9. The van der Waals surface area contributed by atoms with Crippen LogP contribution < -0.4 is 15.4 Å². The van der Waals surface area contributed by atoms with E-state index >= 15 is 0 Å². The molecule has 0 spiro atoms. The van der Waals surface area contributed by atoms with Crippen molar-refractivity contribution in [1.29, 1.82) is 0 Å². The summed E-state index contributed by atoms with van der Waals surface area (Å²) in [5.41, 5.74) is 0.561. The van der Waals surface area contributed by atoms with Crippen molar-refractivity contribution in [3.05, 3.63) is 75.8 Å². The zero-order chi connectivity index (χ0) is 24.6. The van der Waals surface area contributed by atoms with Gasteiger partial charge in [-0.05, 0) is 48.6 Å². The molecule has 1 amide bonds. The molecular weight excluding hydrogens is 542 g/mol. The first-order valence-corrected chi connectivity index (χ1v) is 10.6. The maximum absolute atomic E-state index is 14.2. The third-order valence-electron chi connectivity index (χ3n) is 4.60. The number of rotatable bonds is 4. The molecule has 174 valence electrons. The second-order valence-corrected chi connectivity index (χ2v) is 8.11. The molecule has 4 aromatic rings. The van der Waals surface area contributed by atoms with Crippen LogP contribution in [-0.4, -0.2) is 23.1 Å². The van der Waals surface area contributed by atoms with Crippen molar-refractivity contribution in [2.75, 3.05) is 12.4 Å². The number of nitrogens with zero attached hydrogens (tertiary/aromatic N) is 1. The van der Waals surface area contributed by atoms with Crippen LogP contribution in [0.5, 0.6) is 5.75 Å². The number of carbonyl (C=O) groups excluding carboxylic acids is 1. The predicted molar refractivity (Wildman–Crippen MR) is 124 cm³/mol. The smallest absolute Gasteiger partial charge is 0.263 e. The third kappa shape index (κ3) is 4.46. The molecule has 1 aromatic heterocycles. The van der Waals surface area contributed by atoms with Crippen LogP contribution in [0.15, 0.2) is 51.4 Å². The Morgan fingerprint density at radius 1 is 1.06 bits per heavy atom. The average Bonchev–Trinajstić information content (AvgIpc) is 3.22. The molecule has 3 aromatic carbocycles. The molecule has 4 rings (SSSR count). The van der Waals surface area contributed by atoms with Gasteiger partial charge in [0, 0.05) is 15.7 Å². The first-order valence-electron chi connectivity index (χ1n) is 9.38. The fraction of sp³-hybridized carbons (Fsp3) is 0.0455. The van der Waals surface area contributed by atoms with E-state index < -0.39 is 40.5 Å². The number of ether oxygens (including phenoxy) is 1. The number of oxazole rings is 1. The zero-order valence-electron chi connectivity index (χ0n) is 17.0. The highest BCUT2D eigenvalue weighted by Crippen LogP contribution is 2.30. The van der Waals surface area contributed by atoms with Gasteiger partial charge in [-0.3, -0.25) is 10.1 Å². The molecule has 0 aliphatic rings. The van der Waals surface area contributed by atoms with Crippen LogP contribution in [-0.2, 0) is 0 Å². The largest absolute Gasteiger partial charge is 0.491 e. The summed E-state index contributed by atoms with van der Waals surface area (Å²) < 4.78 is 66.9. The molecular formula is C22H12BrF4N3O3S. The first kappa shape index (κ1) is 23.6. The number of benzene rings is 3. The number of hydrogen-bond donors (Lipinski definition) is 2. The van der Waals surface area contributed by atoms with Gasteiger partial charge in [-0.2, -0.15) is 8.78 Å². The molecule has 12 heteroatoms. The van der Waals surface area contributed by atoms with Gasteiger partial charge in [-0.1, -0.05) is 22.0 Å². The molecule has 0 bridgehead atoms. The molecule has 0 unspecified atom stereocenters. The summed E-state index contributed by atoms with van der Waals surface area (Å²) in [4.78, 5) is 16.7. The number of aromatic nitrogens is 1. The number of carbonyl (C=O) groups is 1. The van der Waals surface area contributed by atoms with E-state index in [0.29, 0.717) is 22.7 Å². The van der Waals surface area contributed by atoms with Crippen LogP contribution in [0.25, 0.3) is 22.6 Å². The molecule has 0 aliphatic carbocycles. The van der Waals surface area contributed by atoms with Gasteiger partial charge in [0.25, 0.3) is 5.91 Å². The van der Waals surface area contributed by atoms with Crippen molar-refractivity contribution < 1.29 is 31.5 Å². The van der Waals surface area contributed by atoms with Gasteiger partial charge < -0.3 is 14.5 Å². The van der Waals surface area contributed by atoms with Gasteiger partial charge in [0.2, 0.25) is 17.5 Å². The van der Waals surface area contributed by atoms with E-state index in [-0.39, 0.29) is 5.11 Å². The Hall–Kier alpha value is -3.51. The number of methoxy groups -OCH3 is 1. The van der Waals surface area contributed by atoms with Gasteiger partial charge in [-0.15, -0.1) is 0 Å². The van der Waals surface area contributed by atoms with Crippen LogP contribution in [0.4, 0.5) is 23.2 Å². The highest BCUT2D eigenvalue weighted by atomic mass is 79.9. The van der Waals surface area contributed by atoms with Crippen molar-refractivity contribution in [3.63, 3.8) is 0 Å². The Balaban J connectivity index is 1.53. The highest BCUT2D eigenvalue weighted by Gasteiger charge is 2.30. The Morgan fingerprint density at radius 3 is 2.41 bits per heavy atom. The summed E-state index contributed by atoms with van der Waals surface area (Å²) >= 11 is 8.36. The number of amides is 1. The quantitative estimate of drug-likeness (QED) is 0.185. The lowest BCUT2D eigenvalue weighted by Crippen LogP contribution is -2.35. The minimum absolute atomic E-state index is 0.361. The highest BCUT2D eigenvalue weighted by molar-refractivity contribution is 9.10. The summed E-state index contributed by atoms with van der Waals surface area (Å²) in [6, 6.07) is 12.1. The fourth-order valence-corrected chi connectivity index (χ4v) is 3.68. The standard InChI is InChI=1S/C22H12BrF4N3O3S/c1-32-19-17(26)15(24)14(16(25)18(19)27)20(31)30-22(34)28-11-5-6-13-12(8-11)29-21(33-13)9-3-2-4-10(23)7-9/h2-8H,1H3,(H2,28,30,31,34). The number of nitrogens with one attached hydrogen (secondary N) is 2. The fourth-order valence-electron chi connectivity index (χ4n) is 3.07. The Labute approximate surface area is 203 Å². The van der Waals surface area contributed by atoms with Gasteiger partial charge in [0.1, 0.15) is 11.1 Å². The van der Waals surface area contributed by atoms with Gasteiger partial charge in [0.05, 0.1) is 7.11 Å². The van der Waals surface area contributed by atoms with E-state index in [2.05, 4.69) is 31.0 Å². The van der Waals surface area contributed by atoms with Crippen LogP contribution in [0, 0.1) is 23.3 Å². The molecule has 2 N–H and O–H groups in total. The van der Waals surface area contributed by atoms with Crippen molar-refractivity contribution in [2.45, 2.75) is 0 Å². The number of anilines is 1. The van der Waals surface area contributed by atoms with Crippen molar-refractivity contribution in [3.8, 4) is 17.2 Å². The summed E-state index contributed by atoms with van der Waals surface area (Å²) in [6.45, 7) is 0. The second-order valence-electron chi connectivity index (χ2n) is 6.78. The number of halogens is 5. The minimum Gasteiger partial charge on any atom is -0.491 e. The van der Waals surface area contributed by atoms with Crippen LogP contribution in [0.3, 0.4) is 0 Å². The lowest BCUT2D eigenvalue weighted by molar-refractivity contribution is 0.0966. The minimum atomic E-state index is -1.92. The molecule has 0 radical (unpaired) electrons. The Bertz CT molecular complexity index is 1430. The van der Waals surface area contributed by atoms with E-state index in [1.54, 1.807) is 18.2 Å². The number of fused-ring (bicyclic) bond motifs is 1. The molecule has 0 saturated carbocycles. The van der Waals surface area contributed by atoms with Crippen LogP contribution in [0.1, 0.15) is 10.4 Å². The van der Waals surface area contributed by atoms with Gasteiger partial charge in [-0.25, -0.2) is 13.8 Å². The summed E-state index contributed by atoms with van der Waals surface area (Å²) in [5.74, 6) is -9.92. The molecule has 0 atom stereocenters. The maximum atomic E-state index is 14.2. The monoisotopic (exact) mass is 553 g/mol. The lowest BCUT2D eigenvalue weighted by Gasteiger charge is -2.12. The summed E-state index contributed by atoms with van der Waals surface area (Å²) in [6.07, 6.45) is 0. The molecule has 34 heavy (non-hydrogen) atoms. The average molecular weight is 554 g/mol. The number of thiocarbonyl (C=S) groups is 1. The van der Waals surface area contributed by atoms with Crippen molar-refractivity contribution >= 4 is 56.0 Å². The van der Waals surface area contributed by atoms with E-state index in [1.807, 2.05) is 29.6 Å². The molecule has 6 nitrogen and oxygen atoms in total. The van der Waals surface area contributed by atoms with E-state index in [9.17, 15) is 22.4 Å². The van der Waals surface area contributed by atoms with Gasteiger partial charge >= 0.3 is 0 Å². The van der Waals surface area contributed by atoms with E-state index in [4.69, 9.17) is 16.6 Å². The first-order chi connectivity index (χ1) is 16.2. The molecule has 0 aliphatic heterocycles. The van der Waals surface area contributed by atoms with Crippen molar-refractivity contribution in [1.82, 2.24) is 10.3 Å². The summed E-state index contributed by atoms with van der Waals surface area (Å²) in [7, 11) is 0.826. The Kier molecular flexibility index (Phi) is 6.53. The SMILES string of the molecule is COc1c(F)c(F)c(C(=O)NC(=S)Nc2ccc3oc(-c4cccc(Br)c4)nc3c2)c(F)c1F. The summed E-state index contributed by atoms with van der Waals surface area (Å²) in [5, 5.41) is 4.24. The zero-order valence-corrected chi connectivity index (χ0v) is 19.4. The van der Waals surface area contributed by atoms with Crippen LogP contribution >= 0.6 is 28.1 Å². The van der Waals surface area contributed by atoms with E-state index in [0.717, 1.165) is 17.1 Å².